The second-order valence-corrected chi connectivity index (χ2v) is 4.26. The quantitative estimate of drug-likeness (QED) is 0.893. The molecule has 0 spiro atoms. The lowest BCUT2D eigenvalue weighted by molar-refractivity contribution is 0.412. The summed E-state index contributed by atoms with van der Waals surface area (Å²) in [6.45, 7) is 2.66. The summed E-state index contributed by atoms with van der Waals surface area (Å²) in [4.78, 5) is 0. The van der Waals surface area contributed by atoms with Crippen molar-refractivity contribution in [1.29, 1.82) is 5.26 Å². The summed E-state index contributed by atoms with van der Waals surface area (Å²) in [5.74, 6) is 1.94. The lowest BCUT2D eigenvalue weighted by Gasteiger charge is -2.14. The summed E-state index contributed by atoms with van der Waals surface area (Å²) in [7, 11) is 1.66. The Hall–Kier alpha value is -2.25. The number of furan rings is 1. The van der Waals surface area contributed by atoms with Gasteiger partial charge >= 0.3 is 0 Å². The topological polar surface area (TPSA) is 58.2 Å². The van der Waals surface area contributed by atoms with Crippen LogP contribution in [0.5, 0.6) is 5.75 Å². The highest BCUT2D eigenvalue weighted by atomic mass is 16.5. The van der Waals surface area contributed by atoms with Gasteiger partial charge in [-0.1, -0.05) is 12.1 Å². The first-order valence-electron chi connectivity index (χ1n) is 6.09. The molecule has 1 N–H and O–H groups in total. The normalized spacial score (nSPS) is 11.8. The molecule has 0 bridgehead atoms. The molecule has 1 aromatic carbocycles. The van der Waals surface area contributed by atoms with E-state index in [0.29, 0.717) is 12.3 Å². The predicted molar refractivity (Wildman–Crippen MR) is 71.7 cm³/mol. The Kier molecular flexibility index (Phi) is 4.22. The van der Waals surface area contributed by atoms with E-state index < -0.39 is 0 Å². The lowest BCUT2D eigenvalue weighted by Crippen LogP contribution is -2.17. The van der Waals surface area contributed by atoms with Crippen LogP contribution in [0.15, 0.2) is 40.8 Å². The van der Waals surface area contributed by atoms with Crippen molar-refractivity contribution in [1.82, 2.24) is 5.32 Å². The van der Waals surface area contributed by atoms with Gasteiger partial charge in [0.2, 0.25) is 5.76 Å². The van der Waals surface area contributed by atoms with E-state index in [4.69, 9.17) is 14.4 Å². The van der Waals surface area contributed by atoms with Crippen molar-refractivity contribution in [3.05, 3.63) is 53.5 Å². The molecule has 0 saturated carbocycles. The van der Waals surface area contributed by atoms with Crippen molar-refractivity contribution in [3.8, 4) is 11.8 Å². The number of methoxy groups -OCH3 is 1. The van der Waals surface area contributed by atoms with Crippen LogP contribution < -0.4 is 10.1 Å². The SMILES string of the molecule is COc1cccc([C@H](C)NCc2ccc(C#N)o2)c1. The zero-order valence-electron chi connectivity index (χ0n) is 11.0. The molecule has 0 saturated heterocycles. The zero-order chi connectivity index (χ0) is 13.7. The molecule has 1 heterocycles. The third kappa shape index (κ3) is 3.36. The molecule has 19 heavy (non-hydrogen) atoms. The minimum Gasteiger partial charge on any atom is -0.497 e. The molecule has 4 nitrogen and oxygen atoms in total. The van der Waals surface area contributed by atoms with Gasteiger partial charge in [0.15, 0.2) is 0 Å². The Balaban J connectivity index is 1.97. The van der Waals surface area contributed by atoms with E-state index in [1.165, 1.54) is 0 Å². The highest BCUT2D eigenvalue weighted by molar-refractivity contribution is 5.30. The second kappa shape index (κ2) is 6.07. The lowest BCUT2D eigenvalue weighted by atomic mass is 10.1. The van der Waals surface area contributed by atoms with Gasteiger partial charge < -0.3 is 14.5 Å². The van der Waals surface area contributed by atoms with Crippen LogP contribution in [0.2, 0.25) is 0 Å². The smallest absolute Gasteiger partial charge is 0.203 e. The Labute approximate surface area is 112 Å². The van der Waals surface area contributed by atoms with E-state index >= 15 is 0 Å². The van der Waals surface area contributed by atoms with Gasteiger partial charge in [-0.15, -0.1) is 0 Å². The van der Waals surface area contributed by atoms with Crippen molar-refractivity contribution in [2.24, 2.45) is 0 Å². The van der Waals surface area contributed by atoms with Crippen LogP contribution in [-0.4, -0.2) is 7.11 Å². The number of rotatable bonds is 5. The first-order valence-corrected chi connectivity index (χ1v) is 6.09. The van der Waals surface area contributed by atoms with Gasteiger partial charge in [0.1, 0.15) is 17.6 Å². The minimum absolute atomic E-state index is 0.172. The first-order chi connectivity index (χ1) is 9.22. The molecule has 1 aromatic heterocycles. The van der Waals surface area contributed by atoms with Crippen LogP contribution >= 0.6 is 0 Å². The van der Waals surface area contributed by atoms with Crippen molar-refractivity contribution < 1.29 is 9.15 Å². The maximum Gasteiger partial charge on any atom is 0.203 e. The largest absolute Gasteiger partial charge is 0.497 e. The number of hydrogen-bond acceptors (Lipinski definition) is 4. The molecular weight excluding hydrogens is 240 g/mol. The van der Waals surface area contributed by atoms with Crippen molar-refractivity contribution in [3.63, 3.8) is 0 Å². The Morgan fingerprint density at radius 1 is 1.37 bits per heavy atom. The number of nitriles is 1. The number of hydrogen-bond donors (Lipinski definition) is 1. The molecular formula is C15H16N2O2. The zero-order valence-corrected chi connectivity index (χ0v) is 11.0. The predicted octanol–water partition coefficient (Wildman–Crippen LogP) is 3.01. The molecule has 98 valence electrons. The third-order valence-electron chi connectivity index (χ3n) is 2.95. The van der Waals surface area contributed by atoms with Crippen molar-refractivity contribution >= 4 is 0 Å². The first kappa shape index (κ1) is 13.2. The molecule has 4 heteroatoms. The number of nitrogens with one attached hydrogen (secondary N) is 1. The molecule has 0 fully saturated rings. The Bertz CT molecular complexity index is 584. The summed E-state index contributed by atoms with van der Waals surface area (Å²) in [5, 5.41) is 12.0. The van der Waals surface area contributed by atoms with Gasteiger partial charge in [-0.05, 0) is 36.8 Å². The highest BCUT2D eigenvalue weighted by Gasteiger charge is 2.07. The van der Waals surface area contributed by atoms with Crippen molar-refractivity contribution in [2.45, 2.75) is 19.5 Å². The monoisotopic (exact) mass is 256 g/mol. The van der Waals surface area contributed by atoms with E-state index in [2.05, 4.69) is 12.2 Å². The average molecular weight is 256 g/mol. The Morgan fingerprint density at radius 2 is 2.21 bits per heavy atom. The number of ether oxygens (including phenoxy) is 1. The van der Waals surface area contributed by atoms with Crippen molar-refractivity contribution in [2.75, 3.05) is 7.11 Å². The summed E-state index contributed by atoms with van der Waals surface area (Å²) in [6.07, 6.45) is 0. The van der Waals surface area contributed by atoms with E-state index in [1.54, 1.807) is 13.2 Å². The van der Waals surface area contributed by atoms with Gasteiger partial charge in [0.25, 0.3) is 0 Å². The van der Waals surface area contributed by atoms with Gasteiger partial charge in [-0.3, -0.25) is 0 Å². The van der Waals surface area contributed by atoms with Gasteiger partial charge in [0, 0.05) is 6.04 Å². The number of nitrogens with zero attached hydrogens (tertiary/aromatic N) is 1. The molecule has 0 amide bonds. The van der Waals surface area contributed by atoms with Gasteiger partial charge in [-0.2, -0.15) is 5.26 Å². The summed E-state index contributed by atoms with van der Waals surface area (Å²) < 4.78 is 10.5. The van der Waals surface area contributed by atoms with E-state index in [0.717, 1.165) is 17.1 Å². The molecule has 1 atom stereocenters. The molecule has 0 radical (unpaired) electrons. The van der Waals surface area contributed by atoms with Crippen LogP contribution in [0.1, 0.15) is 30.0 Å². The highest BCUT2D eigenvalue weighted by Crippen LogP contribution is 2.19. The summed E-state index contributed by atoms with van der Waals surface area (Å²) >= 11 is 0. The van der Waals surface area contributed by atoms with Gasteiger partial charge in [-0.25, -0.2) is 0 Å². The third-order valence-corrected chi connectivity index (χ3v) is 2.95. The molecule has 2 aromatic rings. The average Bonchev–Trinajstić information content (AvgIpc) is 2.93. The fraction of sp³-hybridized carbons (Fsp3) is 0.267. The van der Waals surface area contributed by atoms with Gasteiger partial charge in [0.05, 0.1) is 13.7 Å². The van der Waals surface area contributed by atoms with E-state index in [-0.39, 0.29) is 6.04 Å². The second-order valence-electron chi connectivity index (χ2n) is 4.26. The maximum absolute atomic E-state index is 8.69. The molecule has 0 aliphatic carbocycles. The fourth-order valence-electron chi connectivity index (χ4n) is 1.82. The maximum atomic E-state index is 8.69. The standard InChI is InChI=1S/C15H16N2O2/c1-11(12-4-3-5-13(8-12)18-2)17-10-15-7-6-14(9-16)19-15/h3-8,11,17H,10H2,1-2H3/t11-/m0/s1. The van der Waals surface area contributed by atoms with Crippen LogP contribution in [0.3, 0.4) is 0 Å². The fourth-order valence-corrected chi connectivity index (χ4v) is 1.82. The minimum atomic E-state index is 0.172. The molecule has 0 unspecified atom stereocenters. The van der Waals surface area contributed by atoms with Crippen LogP contribution in [0.25, 0.3) is 0 Å². The van der Waals surface area contributed by atoms with E-state index in [9.17, 15) is 0 Å². The van der Waals surface area contributed by atoms with E-state index in [1.807, 2.05) is 36.4 Å². The summed E-state index contributed by atoms with van der Waals surface area (Å²) in [5.41, 5.74) is 1.14. The molecule has 0 aliphatic heterocycles. The summed E-state index contributed by atoms with van der Waals surface area (Å²) in [6, 6.07) is 13.6. The number of benzene rings is 1. The molecule has 0 aliphatic rings. The Morgan fingerprint density at radius 3 is 2.89 bits per heavy atom. The van der Waals surface area contributed by atoms with Crippen LogP contribution in [-0.2, 0) is 6.54 Å². The van der Waals surface area contributed by atoms with Crippen LogP contribution in [0, 0.1) is 11.3 Å². The van der Waals surface area contributed by atoms with Crippen LogP contribution in [0.4, 0.5) is 0 Å². The molecule has 2 rings (SSSR count).